The zero-order valence-corrected chi connectivity index (χ0v) is 70.5. The van der Waals surface area contributed by atoms with E-state index in [0.717, 1.165) is 193 Å². The predicted octanol–water partition coefficient (Wildman–Crippen LogP) is 8.63. The molecule has 0 aromatic heterocycles. The van der Waals surface area contributed by atoms with Crippen molar-refractivity contribution in [3.63, 3.8) is 0 Å². The van der Waals surface area contributed by atoms with Crippen molar-refractivity contribution in [3.8, 4) is 0 Å². The fourth-order valence-electron chi connectivity index (χ4n) is 14.6. The molecular weight excluding hydrogens is 1560 g/mol. The quantitative estimate of drug-likeness (QED) is 0.0154. The van der Waals surface area contributed by atoms with E-state index in [0.29, 0.717) is 38.5 Å². The van der Waals surface area contributed by atoms with Crippen molar-refractivity contribution < 1.29 is 155 Å². The van der Waals surface area contributed by atoms with Gasteiger partial charge in [0.05, 0.1) is 69.4 Å². The number of aliphatic hydroxyl groups excluding tert-OH is 7. The van der Waals surface area contributed by atoms with Crippen LogP contribution in [0.4, 0.5) is 0 Å². The number of carbonyl (C=O) groups is 5. The third-order valence-electron chi connectivity index (χ3n) is 20.9. The first kappa shape index (κ1) is 105. The molecule has 35 nitrogen and oxygen atoms in total. The highest BCUT2D eigenvalue weighted by molar-refractivity contribution is 7.46. The van der Waals surface area contributed by atoms with Gasteiger partial charge < -0.3 is 120 Å². The lowest BCUT2D eigenvalue weighted by Crippen LogP contribution is -2.68. The second-order valence-electron chi connectivity index (χ2n) is 31.1. The molecule has 0 unspecified atom stereocenters. The number of unbranched alkanes of at least 4 members (excludes halogenated alkanes) is 32. The fraction of sp³-hybridized carbons (Fsp3) is 0.934. The number of carboxylic acid groups (broad SMARTS) is 1. The van der Waals surface area contributed by atoms with Gasteiger partial charge in [-0.25, -0.2) is 18.5 Å². The molecule has 0 spiro atoms. The van der Waals surface area contributed by atoms with Crippen molar-refractivity contribution in [2.45, 2.75) is 433 Å². The molecule has 0 aliphatic carbocycles. The van der Waals surface area contributed by atoms with E-state index in [1.54, 1.807) is 0 Å². The van der Waals surface area contributed by atoms with Gasteiger partial charge in [-0.1, -0.05) is 259 Å². The first-order valence-electron chi connectivity index (χ1n) is 42.2. The van der Waals surface area contributed by atoms with Crippen molar-refractivity contribution in [2.75, 3.05) is 19.8 Å². The van der Waals surface area contributed by atoms with Crippen molar-refractivity contribution in [3.05, 3.63) is 0 Å². The highest BCUT2D eigenvalue weighted by atomic mass is 31.2. The maximum atomic E-state index is 14.5. The lowest BCUT2D eigenvalue weighted by atomic mass is 9.92. The Morgan fingerprint density at radius 2 is 0.781 bits per heavy atom. The van der Waals surface area contributed by atoms with Crippen LogP contribution in [0.3, 0.4) is 0 Å². The molecule has 0 saturated carbocycles. The van der Waals surface area contributed by atoms with Gasteiger partial charge in [0.1, 0.15) is 54.8 Å². The third kappa shape index (κ3) is 44.6. The van der Waals surface area contributed by atoms with Crippen molar-refractivity contribution in [2.24, 2.45) is 5.73 Å². The largest absolute Gasteiger partial charge is 0.477 e. The number of aliphatic hydroxyl groups is 7. The molecule has 670 valence electrons. The Labute approximate surface area is 673 Å². The summed E-state index contributed by atoms with van der Waals surface area (Å²) in [5.41, 5.74) is 5.67. The lowest BCUT2D eigenvalue weighted by Gasteiger charge is -2.48. The van der Waals surface area contributed by atoms with E-state index in [-0.39, 0.29) is 25.7 Å². The number of carboxylic acids is 1. The zero-order chi connectivity index (χ0) is 84.7. The Kier molecular flexibility index (Phi) is 53.8. The van der Waals surface area contributed by atoms with Crippen LogP contribution in [0.15, 0.2) is 0 Å². The topological polar surface area (TPSA) is 562 Å². The van der Waals surface area contributed by atoms with Crippen LogP contribution in [0.2, 0.25) is 0 Å². The molecule has 3 aliphatic heterocycles. The molecule has 3 saturated heterocycles. The number of ether oxygens (including phenoxy) is 7. The number of esters is 2. The number of rotatable bonds is 67. The number of hydrogen-bond acceptors (Lipinski definition) is 26. The summed E-state index contributed by atoms with van der Waals surface area (Å²) in [5, 5.41) is 95.5. The molecule has 3 aliphatic rings. The van der Waals surface area contributed by atoms with Crippen molar-refractivity contribution in [1.29, 1.82) is 0 Å². The molecule has 0 aromatic carbocycles. The summed E-state index contributed by atoms with van der Waals surface area (Å²) in [6.07, 6.45) is -3.05. The molecule has 114 heavy (non-hydrogen) atoms. The summed E-state index contributed by atoms with van der Waals surface area (Å²) < 4.78 is 95.8. The molecule has 0 bridgehead atoms. The number of carbonyl (C=O) groups excluding carboxylic acids is 4. The van der Waals surface area contributed by atoms with E-state index in [1.165, 1.54) is 0 Å². The van der Waals surface area contributed by atoms with Crippen molar-refractivity contribution >= 4 is 53.2 Å². The highest BCUT2D eigenvalue weighted by Gasteiger charge is 2.59. The number of phosphoric ester groups is 3. The smallest absolute Gasteiger partial charge is 0.472 e. The van der Waals surface area contributed by atoms with Gasteiger partial charge in [-0.05, 0) is 25.7 Å². The minimum absolute atomic E-state index is 0.0391. The van der Waals surface area contributed by atoms with Crippen LogP contribution in [0.25, 0.3) is 0 Å². The normalized spacial score (nSPS) is 25.6. The van der Waals surface area contributed by atoms with E-state index in [4.69, 9.17) is 52.5 Å². The number of nitrogens with two attached hydrogens (primary N) is 1. The number of amides is 2. The molecule has 3 rings (SSSR count). The van der Waals surface area contributed by atoms with Gasteiger partial charge in [0.2, 0.25) is 11.8 Å². The number of aliphatic carboxylic acids is 1. The fourth-order valence-corrected chi connectivity index (χ4v) is 16.1. The molecule has 38 heteroatoms. The second kappa shape index (κ2) is 58.2. The molecule has 3 heterocycles. The van der Waals surface area contributed by atoms with Crippen molar-refractivity contribution in [1.82, 2.24) is 10.6 Å². The van der Waals surface area contributed by atoms with Gasteiger partial charge in [0.15, 0.2) is 24.8 Å². The van der Waals surface area contributed by atoms with E-state index in [1.807, 2.05) is 0 Å². The van der Waals surface area contributed by atoms with Crippen LogP contribution in [0.5, 0.6) is 0 Å². The second-order valence-corrected chi connectivity index (χ2v) is 34.7. The molecule has 19 atom stereocenters. The predicted molar refractivity (Wildman–Crippen MR) is 417 cm³/mol. The van der Waals surface area contributed by atoms with Gasteiger partial charge in [0, 0.05) is 13.0 Å². The SMILES string of the molecule is CCCCCCCCCCC[C@@H](O)CC(=O)N[C@H]1[C@H](OC[C@H]2O[C@H](OP(=O)(O)O)[C@H](NC(=O)C[C@H](O)CCCCCCCCCCC)[C@@H](OC(=O)C[C@H](O)CCCCCCCCCCC)[C@@H]2O)O[C@H](CO[C@]2(C(=O)O)C[C@@H](OP(=O)(O)O)[C@@H](O)[C@@H]([C@H](O)CN)O2)[C@@H](OP(=O)(O)O)[C@@H]1OC(=O)C[C@H](O)CCCCCCCCCCC. The van der Waals surface area contributed by atoms with E-state index >= 15 is 0 Å². The van der Waals surface area contributed by atoms with Crippen LogP contribution in [-0.2, 0) is 84.4 Å². The number of phosphoric acid groups is 3. The van der Waals surface area contributed by atoms with Gasteiger partial charge in [-0.3, -0.25) is 32.7 Å². The Bertz CT molecular complexity index is 2780. The number of nitrogens with one attached hydrogen (secondary N) is 2. The van der Waals surface area contributed by atoms with E-state index in [2.05, 4.69) is 38.3 Å². The summed E-state index contributed by atoms with van der Waals surface area (Å²) in [6, 6.07) is -4.22. The zero-order valence-electron chi connectivity index (χ0n) is 67.9. The average Bonchev–Trinajstić information content (AvgIpc) is 0.768. The number of hydrogen-bond donors (Lipinski definition) is 17. The third-order valence-corrected chi connectivity index (χ3v) is 22.4. The molecule has 2 amide bonds. The summed E-state index contributed by atoms with van der Waals surface area (Å²) in [4.78, 5) is 133. The Balaban J connectivity index is 2.26. The highest BCUT2D eigenvalue weighted by Crippen LogP contribution is 2.47. The van der Waals surface area contributed by atoms with Crippen LogP contribution in [0.1, 0.15) is 317 Å². The van der Waals surface area contributed by atoms with Gasteiger partial charge >= 0.3 is 41.4 Å². The Morgan fingerprint density at radius 3 is 1.14 bits per heavy atom. The summed E-state index contributed by atoms with van der Waals surface area (Å²) >= 11 is 0. The van der Waals surface area contributed by atoms with Crippen LogP contribution in [-0.4, -0.2) is 236 Å². The van der Waals surface area contributed by atoms with Crippen LogP contribution < -0.4 is 16.4 Å². The lowest BCUT2D eigenvalue weighted by molar-refractivity contribution is -0.338. The standard InChI is InChI=1S/C76H144N3O32P3/c1-5-9-13-17-21-25-29-33-37-41-53(80)45-61(85)78-65-71(106-63(87)47-55(82)43-39-35-31-27-23-19-15-11-7-3)68(90)59(104-74(65)111-114(99,100)101)51-102-73-66(79-62(86)46-54(81)42-38-34-30-26-22-18-14-10-6-2)72(107-64(88)48-56(83)44-40-36-32-28-24-20-16-12-8-4)70(110-113(96,97)98)60(105-73)52-103-76(75(91)92)49-58(109-112(93,94)95)67(89)69(108-76)57(84)50-77/h53-60,65-74,80-84,89-90H,5-52,77H2,1-4H3,(H,78,85)(H,79,86)(H,91,92)(H2,93,94,95)(H2,96,97,98)(H2,99,100,101)/t53-,54-,55-,56-,57-,58-,59-,60-,65-,66-,67-,68-,69-,70-,71-,72-,73-,74-,76-/m1/s1. The molecule has 3 fully saturated rings. The molecule has 0 aromatic rings. The first-order valence-corrected chi connectivity index (χ1v) is 46.8. The van der Waals surface area contributed by atoms with Gasteiger partial charge in [-0.15, -0.1) is 0 Å². The average molecular weight is 1700 g/mol. The molecular formula is C76H144N3O32P3. The summed E-state index contributed by atoms with van der Waals surface area (Å²) in [5.74, 6) is -10.1. The maximum absolute atomic E-state index is 14.5. The Hall–Kier alpha value is -2.84. The Morgan fingerprint density at radius 1 is 0.439 bits per heavy atom. The van der Waals surface area contributed by atoms with Gasteiger partial charge in [0.25, 0.3) is 5.79 Å². The first-order chi connectivity index (χ1) is 54.1. The summed E-state index contributed by atoms with van der Waals surface area (Å²) in [7, 11) is -17.4. The minimum Gasteiger partial charge on any atom is -0.477 e. The minimum atomic E-state index is -5.99. The van der Waals surface area contributed by atoms with Crippen LogP contribution in [0, 0.1) is 0 Å². The monoisotopic (exact) mass is 1700 g/mol. The van der Waals surface area contributed by atoms with E-state index < -0.39 is 221 Å². The van der Waals surface area contributed by atoms with Gasteiger partial charge in [-0.2, -0.15) is 0 Å². The molecule has 18 N–H and O–H groups in total. The summed E-state index contributed by atoms with van der Waals surface area (Å²) in [6.45, 7) is 5.04. The maximum Gasteiger partial charge on any atom is 0.472 e. The van der Waals surface area contributed by atoms with Crippen LogP contribution >= 0.6 is 23.5 Å². The van der Waals surface area contributed by atoms with E-state index in [9.17, 15) is 108 Å². The molecule has 0 radical (unpaired) electrons.